The average Bonchev–Trinajstić information content (AvgIpc) is 3.24. The van der Waals surface area contributed by atoms with E-state index in [2.05, 4.69) is 21.2 Å². The van der Waals surface area contributed by atoms with E-state index in [9.17, 15) is 4.79 Å². The molecule has 3 aliphatic rings. The molecule has 0 amide bonds. The molecule has 1 saturated heterocycles. The summed E-state index contributed by atoms with van der Waals surface area (Å²) in [7, 11) is 0. The van der Waals surface area contributed by atoms with Crippen molar-refractivity contribution < 1.29 is 4.74 Å². The standard InChI is InChI=1S/C19H24N4O2S/c24-18-8-14-12-25-7-5-17(14)21-23(18)10-15-2-1-6-22(15)11-16-9-20-19(26-16)13-3-4-13/h8-9,13,15H,1-7,10-12H2. The fourth-order valence-electron chi connectivity index (χ4n) is 4.01. The zero-order valence-corrected chi connectivity index (χ0v) is 15.7. The van der Waals surface area contributed by atoms with E-state index in [1.54, 1.807) is 10.7 Å². The molecule has 0 radical (unpaired) electrons. The molecule has 1 unspecified atom stereocenters. The minimum atomic E-state index is -0.00471. The third-order valence-corrected chi connectivity index (χ3v) is 6.79. The predicted octanol–water partition coefficient (Wildman–Crippen LogP) is 2.31. The Morgan fingerprint density at radius 3 is 3.12 bits per heavy atom. The van der Waals surface area contributed by atoms with Crippen molar-refractivity contribution in [2.24, 2.45) is 0 Å². The van der Waals surface area contributed by atoms with Crippen molar-refractivity contribution >= 4 is 11.3 Å². The maximum atomic E-state index is 12.4. The zero-order valence-electron chi connectivity index (χ0n) is 14.9. The van der Waals surface area contributed by atoms with Gasteiger partial charge in [-0.25, -0.2) is 9.67 Å². The fraction of sp³-hybridized carbons (Fsp3) is 0.632. The molecule has 7 heteroatoms. The number of nitrogens with zero attached hydrogens (tertiary/aromatic N) is 4. The molecule has 4 heterocycles. The third kappa shape index (κ3) is 3.35. The van der Waals surface area contributed by atoms with Gasteiger partial charge in [0.25, 0.3) is 5.56 Å². The second-order valence-electron chi connectivity index (χ2n) is 7.64. The summed E-state index contributed by atoms with van der Waals surface area (Å²) in [4.78, 5) is 20.9. The van der Waals surface area contributed by atoms with Crippen LogP contribution in [0.15, 0.2) is 17.1 Å². The molecule has 2 aromatic rings. The number of hydrogen-bond acceptors (Lipinski definition) is 6. The number of rotatable bonds is 5. The van der Waals surface area contributed by atoms with Gasteiger partial charge in [-0.3, -0.25) is 9.69 Å². The lowest BCUT2D eigenvalue weighted by molar-refractivity contribution is 0.107. The molecular formula is C19H24N4O2S. The van der Waals surface area contributed by atoms with Gasteiger partial charge in [0.1, 0.15) is 0 Å². The Hall–Kier alpha value is -1.57. The highest BCUT2D eigenvalue weighted by atomic mass is 32.1. The van der Waals surface area contributed by atoms with Crippen LogP contribution in [0.2, 0.25) is 0 Å². The highest BCUT2D eigenvalue weighted by Crippen LogP contribution is 2.42. The quantitative estimate of drug-likeness (QED) is 0.806. The largest absolute Gasteiger partial charge is 0.376 e. The number of thiazole rings is 1. The normalized spacial score (nSPS) is 23.3. The molecule has 1 saturated carbocycles. The van der Waals surface area contributed by atoms with Crippen molar-refractivity contribution in [2.75, 3.05) is 13.2 Å². The van der Waals surface area contributed by atoms with Crippen molar-refractivity contribution in [1.82, 2.24) is 19.7 Å². The monoisotopic (exact) mass is 372 g/mol. The van der Waals surface area contributed by atoms with Crippen molar-refractivity contribution in [1.29, 1.82) is 0 Å². The molecule has 1 aliphatic carbocycles. The van der Waals surface area contributed by atoms with E-state index in [4.69, 9.17) is 4.74 Å². The van der Waals surface area contributed by atoms with Gasteiger partial charge in [0.15, 0.2) is 0 Å². The summed E-state index contributed by atoms with van der Waals surface area (Å²) in [6, 6.07) is 2.09. The first-order chi connectivity index (χ1) is 12.8. The van der Waals surface area contributed by atoms with Crippen molar-refractivity contribution in [3.63, 3.8) is 0 Å². The number of aromatic nitrogens is 3. The van der Waals surface area contributed by atoms with Gasteiger partial charge in [-0.1, -0.05) is 0 Å². The Morgan fingerprint density at radius 2 is 2.23 bits per heavy atom. The second kappa shape index (κ2) is 6.87. The summed E-state index contributed by atoms with van der Waals surface area (Å²) >= 11 is 1.87. The van der Waals surface area contributed by atoms with E-state index in [1.165, 1.54) is 29.1 Å². The van der Waals surface area contributed by atoms with Crippen LogP contribution in [0.1, 0.15) is 52.7 Å². The van der Waals surface area contributed by atoms with Gasteiger partial charge < -0.3 is 4.74 Å². The van der Waals surface area contributed by atoms with Crippen LogP contribution in [0.4, 0.5) is 0 Å². The van der Waals surface area contributed by atoms with Gasteiger partial charge in [-0.05, 0) is 32.2 Å². The highest BCUT2D eigenvalue weighted by Gasteiger charge is 2.29. The van der Waals surface area contributed by atoms with Crippen LogP contribution < -0.4 is 5.56 Å². The molecule has 0 N–H and O–H groups in total. The van der Waals surface area contributed by atoms with E-state index < -0.39 is 0 Å². The zero-order chi connectivity index (χ0) is 17.5. The van der Waals surface area contributed by atoms with Crippen LogP contribution in [0, 0.1) is 0 Å². The van der Waals surface area contributed by atoms with E-state index in [0.717, 1.165) is 43.1 Å². The summed E-state index contributed by atoms with van der Waals surface area (Å²) in [6.07, 6.45) is 7.77. The van der Waals surface area contributed by atoms with E-state index in [0.29, 0.717) is 25.8 Å². The lowest BCUT2D eigenvalue weighted by Gasteiger charge is -2.24. The van der Waals surface area contributed by atoms with E-state index in [-0.39, 0.29) is 5.56 Å². The number of hydrogen-bond donors (Lipinski definition) is 0. The summed E-state index contributed by atoms with van der Waals surface area (Å²) in [6.45, 7) is 3.93. The van der Waals surface area contributed by atoms with Gasteiger partial charge in [-0.15, -0.1) is 11.3 Å². The Balaban J connectivity index is 1.30. The number of likely N-dealkylation sites (tertiary alicyclic amines) is 1. The first-order valence-corrected chi connectivity index (χ1v) is 10.4. The van der Waals surface area contributed by atoms with Gasteiger partial charge in [0.2, 0.25) is 0 Å². The van der Waals surface area contributed by atoms with Gasteiger partial charge in [-0.2, -0.15) is 5.10 Å². The first kappa shape index (κ1) is 16.6. The van der Waals surface area contributed by atoms with Crippen LogP contribution in [-0.2, 0) is 30.9 Å². The van der Waals surface area contributed by atoms with Crippen LogP contribution in [0.25, 0.3) is 0 Å². The molecular weight excluding hydrogens is 348 g/mol. The molecule has 6 nitrogen and oxygen atoms in total. The van der Waals surface area contributed by atoms with Crippen molar-refractivity contribution in [2.45, 2.75) is 63.8 Å². The van der Waals surface area contributed by atoms with Gasteiger partial charge >= 0.3 is 0 Å². The predicted molar refractivity (Wildman–Crippen MR) is 99.4 cm³/mol. The Bertz CT molecular complexity index is 857. The molecule has 0 bridgehead atoms. The Kier molecular flexibility index (Phi) is 4.38. The molecule has 5 rings (SSSR count). The van der Waals surface area contributed by atoms with Crippen LogP contribution in [0.3, 0.4) is 0 Å². The lowest BCUT2D eigenvalue weighted by Crippen LogP contribution is -2.37. The first-order valence-electron chi connectivity index (χ1n) is 9.62. The molecule has 1 atom stereocenters. The molecule has 2 aromatic heterocycles. The van der Waals surface area contributed by atoms with Gasteiger partial charge in [0, 0.05) is 47.6 Å². The van der Waals surface area contributed by atoms with Crippen molar-refractivity contribution in [3.05, 3.63) is 43.8 Å². The molecule has 0 spiro atoms. The molecule has 2 fully saturated rings. The minimum absolute atomic E-state index is 0.00471. The summed E-state index contributed by atoms with van der Waals surface area (Å²) < 4.78 is 7.11. The molecule has 26 heavy (non-hydrogen) atoms. The summed E-state index contributed by atoms with van der Waals surface area (Å²) in [5, 5.41) is 5.95. The topological polar surface area (TPSA) is 60.2 Å². The van der Waals surface area contributed by atoms with Crippen LogP contribution >= 0.6 is 11.3 Å². The van der Waals surface area contributed by atoms with Crippen LogP contribution in [0.5, 0.6) is 0 Å². The lowest BCUT2D eigenvalue weighted by atomic mass is 10.1. The number of fused-ring (bicyclic) bond motifs is 1. The third-order valence-electron chi connectivity index (χ3n) is 5.64. The van der Waals surface area contributed by atoms with E-state index in [1.807, 2.05) is 11.3 Å². The average molecular weight is 372 g/mol. The van der Waals surface area contributed by atoms with Crippen molar-refractivity contribution in [3.8, 4) is 0 Å². The Labute approximate surface area is 156 Å². The molecule has 138 valence electrons. The Morgan fingerprint density at radius 1 is 1.31 bits per heavy atom. The molecule has 0 aromatic carbocycles. The fourth-order valence-corrected chi connectivity index (χ4v) is 5.12. The summed E-state index contributed by atoms with van der Waals surface area (Å²) in [5.74, 6) is 0.727. The number of ether oxygens (including phenoxy) is 1. The highest BCUT2D eigenvalue weighted by molar-refractivity contribution is 7.11. The maximum Gasteiger partial charge on any atom is 0.267 e. The van der Waals surface area contributed by atoms with E-state index >= 15 is 0 Å². The van der Waals surface area contributed by atoms with Gasteiger partial charge in [0.05, 0.1) is 30.5 Å². The second-order valence-corrected chi connectivity index (χ2v) is 8.79. The smallest absolute Gasteiger partial charge is 0.267 e. The minimum Gasteiger partial charge on any atom is -0.376 e. The SMILES string of the molecule is O=c1cc2c(nn1CC1CCCN1Cc1cnc(C3CC3)s1)CCOC2. The molecule has 2 aliphatic heterocycles. The summed E-state index contributed by atoms with van der Waals surface area (Å²) in [5.41, 5.74) is 1.98. The maximum absolute atomic E-state index is 12.4. The van der Waals surface area contributed by atoms with Crippen LogP contribution in [-0.4, -0.2) is 38.9 Å².